The van der Waals surface area contributed by atoms with E-state index in [-0.39, 0.29) is 0 Å². The lowest BCUT2D eigenvalue weighted by molar-refractivity contribution is 0.0701. The number of hydrogen-bond acceptors (Lipinski definition) is 3. The van der Waals surface area contributed by atoms with Crippen LogP contribution < -0.4 is 5.32 Å². The maximum absolute atomic E-state index is 11.5. The number of hydrogen-bond donors (Lipinski definition) is 2. The highest BCUT2D eigenvalue weighted by molar-refractivity contribution is 7.21. The summed E-state index contributed by atoms with van der Waals surface area (Å²) in [6.07, 6.45) is 5.38. The van der Waals surface area contributed by atoms with Crippen LogP contribution in [0.5, 0.6) is 0 Å². The van der Waals surface area contributed by atoms with Crippen molar-refractivity contribution in [1.82, 2.24) is 5.32 Å². The topological polar surface area (TPSA) is 49.3 Å². The van der Waals surface area contributed by atoms with E-state index in [2.05, 4.69) is 5.32 Å². The van der Waals surface area contributed by atoms with Crippen molar-refractivity contribution in [2.24, 2.45) is 11.8 Å². The highest BCUT2D eigenvalue weighted by Gasteiger charge is 2.39. The van der Waals surface area contributed by atoms with Gasteiger partial charge in [-0.1, -0.05) is 24.6 Å². The van der Waals surface area contributed by atoms with E-state index in [0.29, 0.717) is 17.5 Å². The molecule has 2 N–H and O–H groups in total. The Labute approximate surface area is 128 Å². The fourth-order valence-corrected chi connectivity index (χ4v) is 5.24. The fraction of sp³-hybridized carbons (Fsp3) is 0.471. The first-order valence-corrected chi connectivity index (χ1v) is 8.51. The first-order chi connectivity index (χ1) is 10.2. The van der Waals surface area contributed by atoms with Crippen molar-refractivity contribution >= 4 is 27.4 Å². The van der Waals surface area contributed by atoms with E-state index in [1.807, 2.05) is 24.3 Å². The van der Waals surface area contributed by atoms with Gasteiger partial charge in [0.15, 0.2) is 0 Å². The number of carboxylic acid groups (broad SMARTS) is 1. The first-order valence-electron chi connectivity index (χ1n) is 7.69. The average molecular weight is 301 g/mol. The number of carbonyl (C=O) groups is 1. The fourth-order valence-electron chi connectivity index (χ4n) is 4.17. The molecule has 0 radical (unpaired) electrons. The van der Waals surface area contributed by atoms with Gasteiger partial charge in [-0.05, 0) is 48.1 Å². The molecule has 0 amide bonds. The summed E-state index contributed by atoms with van der Waals surface area (Å²) in [5, 5.41) is 14.2. The monoisotopic (exact) mass is 301 g/mol. The van der Waals surface area contributed by atoms with E-state index in [1.165, 1.54) is 37.0 Å². The third-order valence-corrected chi connectivity index (χ3v) is 6.37. The zero-order valence-corrected chi connectivity index (χ0v) is 12.7. The third kappa shape index (κ3) is 2.27. The molecule has 0 aliphatic heterocycles. The lowest BCUT2D eigenvalue weighted by atomic mass is 9.95. The Morgan fingerprint density at radius 1 is 1.29 bits per heavy atom. The number of aromatic carboxylic acids is 1. The van der Waals surface area contributed by atoms with Crippen LogP contribution in [-0.4, -0.2) is 17.1 Å². The quantitative estimate of drug-likeness (QED) is 0.901. The number of carboxylic acids is 1. The van der Waals surface area contributed by atoms with Crippen LogP contribution in [0.4, 0.5) is 0 Å². The second kappa shape index (κ2) is 5.11. The summed E-state index contributed by atoms with van der Waals surface area (Å²) in [4.78, 5) is 12.0. The van der Waals surface area contributed by atoms with Crippen LogP contribution in [0, 0.1) is 11.8 Å². The van der Waals surface area contributed by atoms with Crippen molar-refractivity contribution in [2.45, 2.75) is 38.3 Å². The SMILES string of the molecule is O=C(O)c1sc2ccccc2c1CNC1CC2CCC1C2. The lowest BCUT2D eigenvalue weighted by Gasteiger charge is -2.23. The molecule has 3 nitrogen and oxygen atoms in total. The molecule has 21 heavy (non-hydrogen) atoms. The maximum Gasteiger partial charge on any atom is 0.346 e. The van der Waals surface area contributed by atoms with Crippen LogP contribution in [0.15, 0.2) is 24.3 Å². The minimum absolute atomic E-state index is 0.492. The summed E-state index contributed by atoms with van der Waals surface area (Å²) in [6, 6.07) is 8.59. The van der Waals surface area contributed by atoms with Gasteiger partial charge >= 0.3 is 5.97 Å². The Morgan fingerprint density at radius 3 is 2.86 bits per heavy atom. The third-order valence-electron chi connectivity index (χ3n) is 5.17. The number of benzene rings is 1. The Balaban J connectivity index is 1.60. The molecule has 2 bridgehead atoms. The summed E-state index contributed by atoms with van der Waals surface area (Å²) in [7, 11) is 0. The van der Waals surface area contributed by atoms with Crippen molar-refractivity contribution in [3.8, 4) is 0 Å². The van der Waals surface area contributed by atoms with Gasteiger partial charge in [-0.3, -0.25) is 0 Å². The maximum atomic E-state index is 11.5. The number of nitrogens with one attached hydrogen (secondary N) is 1. The highest BCUT2D eigenvalue weighted by atomic mass is 32.1. The van der Waals surface area contributed by atoms with Gasteiger partial charge in [0.05, 0.1) is 0 Å². The van der Waals surface area contributed by atoms with E-state index in [0.717, 1.165) is 27.5 Å². The molecule has 2 fully saturated rings. The molecule has 0 saturated heterocycles. The van der Waals surface area contributed by atoms with E-state index in [4.69, 9.17) is 0 Å². The second-order valence-corrected chi connectivity index (χ2v) is 7.43. The number of thiophene rings is 1. The van der Waals surface area contributed by atoms with Gasteiger partial charge in [-0.2, -0.15) is 0 Å². The van der Waals surface area contributed by atoms with Crippen LogP contribution in [0.3, 0.4) is 0 Å². The molecule has 2 aliphatic carbocycles. The van der Waals surface area contributed by atoms with Crippen LogP contribution >= 0.6 is 11.3 Å². The summed E-state index contributed by atoms with van der Waals surface area (Å²) in [6.45, 7) is 0.680. The molecule has 1 aromatic heterocycles. The predicted molar refractivity (Wildman–Crippen MR) is 84.9 cm³/mol. The number of rotatable bonds is 4. The number of fused-ring (bicyclic) bond motifs is 3. The smallest absolute Gasteiger partial charge is 0.346 e. The summed E-state index contributed by atoms with van der Waals surface area (Å²) in [5.74, 6) is 0.916. The van der Waals surface area contributed by atoms with Gasteiger partial charge < -0.3 is 10.4 Å². The molecule has 1 aromatic carbocycles. The summed E-state index contributed by atoms with van der Waals surface area (Å²) in [5.41, 5.74) is 0.964. The van der Waals surface area contributed by atoms with Gasteiger partial charge in [0.1, 0.15) is 4.88 Å². The molecule has 2 aliphatic rings. The minimum atomic E-state index is -0.805. The Morgan fingerprint density at radius 2 is 2.14 bits per heavy atom. The van der Waals surface area contributed by atoms with Crippen LogP contribution in [0.25, 0.3) is 10.1 Å². The second-order valence-electron chi connectivity index (χ2n) is 6.37. The predicted octanol–water partition coefficient (Wildman–Crippen LogP) is 3.88. The minimum Gasteiger partial charge on any atom is -0.477 e. The normalized spacial score (nSPS) is 27.5. The Bertz CT molecular complexity index is 693. The van der Waals surface area contributed by atoms with E-state index >= 15 is 0 Å². The molecule has 3 unspecified atom stereocenters. The van der Waals surface area contributed by atoms with Gasteiger partial charge in [0.2, 0.25) is 0 Å². The van der Waals surface area contributed by atoms with Crippen molar-refractivity contribution in [3.05, 3.63) is 34.7 Å². The molecule has 2 aromatic rings. The molecular formula is C17H19NO2S. The van der Waals surface area contributed by atoms with Crippen LogP contribution in [0.2, 0.25) is 0 Å². The molecule has 2 saturated carbocycles. The Kier molecular flexibility index (Phi) is 3.23. The highest BCUT2D eigenvalue weighted by Crippen LogP contribution is 2.44. The zero-order valence-electron chi connectivity index (χ0n) is 11.8. The van der Waals surface area contributed by atoms with Crippen molar-refractivity contribution < 1.29 is 9.90 Å². The largest absolute Gasteiger partial charge is 0.477 e. The standard InChI is InChI=1S/C17H19NO2S/c19-17(20)16-13(12-3-1-2-4-15(12)21-16)9-18-14-8-10-5-6-11(14)7-10/h1-4,10-11,14,18H,5-9H2,(H,19,20). The molecule has 110 valence electrons. The summed E-state index contributed by atoms with van der Waals surface area (Å²) < 4.78 is 1.07. The molecule has 3 atom stereocenters. The molecule has 4 heteroatoms. The molecule has 1 heterocycles. The molecule has 4 rings (SSSR count). The molecule has 0 spiro atoms. The van der Waals surface area contributed by atoms with E-state index in [9.17, 15) is 9.90 Å². The average Bonchev–Trinajstić information content (AvgIpc) is 3.18. The van der Waals surface area contributed by atoms with Crippen molar-refractivity contribution in [1.29, 1.82) is 0 Å². The van der Waals surface area contributed by atoms with E-state index in [1.54, 1.807) is 0 Å². The van der Waals surface area contributed by atoms with Gasteiger partial charge in [0, 0.05) is 17.3 Å². The van der Waals surface area contributed by atoms with Gasteiger partial charge in [0.25, 0.3) is 0 Å². The first kappa shape index (κ1) is 13.3. The van der Waals surface area contributed by atoms with E-state index < -0.39 is 5.97 Å². The van der Waals surface area contributed by atoms with Gasteiger partial charge in [-0.25, -0.2) is 4.79 Å². The molecular weight excluding hydrogens is 282 g/mol. The van der Waals surface area contributed by atoms with Crippen LogP contribution in [0.1, 0.15) is 40.9 Å². The lowest BCUT2D eigenvalue weighted by Crippen LogP contribution is -2.33. The van der Waals surface area contributed by atoms with Gasteiger partial charge in [-0.15, -0.1) is 11.3 Å². The van der Waals surface area contributed by atoms with Crippen molar-refractivity contribution in [3.63, 3.8) is 0 Å². The zero-order chi connectivity index (χ0) is 14.4. The summed E-state index contributed by atoms with van der Waals surface area (Å²) >= 11 is 1.39. The Hall–Kier alpha value is -1.39. The van der Waals surface area contributed by atoms with Crippen LogP contribution in [-0.2, 0) is 6.54 Å². The van der Waals surface area contributed by atoms with Crippen molar-refractivity contribution in [2.75, 3.05) is 0 Å².